The first-order chi connectivity index (χ1) is 22.7. The molecule has 1 aromatic carbocycles. The molecule has 3 saturated heterocycles. The van der Waals surface area contributed by atoms with Crippen molar-refractivity contribution in [1.29, 1.82) is 0 Å². The molecule has 15 heteroatoms. The Hall–Kier alpha value is -4.47. The van der Waals surface area contributed by atoms with Gasteiger partial charge in [0.1, 0.15) is 12.3 Å². The van der Waals surface area contributed by atoms with Gasteiger partial charge >= 0.3 is 0 Å². The zero-order chi connectivity index (χ0) is 33.5. The van der Waals surface area contributed by atoms with Crippen molar-refractivity contribution in [3.63, 3.8) is 0 Å². The van der Waals surface area contributed by atoms with Gasteiger partial charge < -0.3 is 36.3 Å². The highest BCUT2D eigenvalue weighted by Gasteiger charge is 2.34. The van der Waals surface area contributed by atoms with Gasteiger partial charge in [-0.25, -0.2) is 0 Å². The number of anilines is 1. The summed E-state index contributed by atoms with van der Waals surface area (Å²) in [6.45, 7) is 5.98. The normalized spacial score (nSPS) is 20.9. The summed E-state index contributed by atoms with van der Waals surface area (Å²) in [5, 5.41) is 31.3. The lowest BCUT2D eigenvalue weighted by atomic mass is 10.0. The van der Waals surface area contributed by atoms with Gasteiger partial charge in [-0.05, 0) is 50.6 Å². The minimum Gasteiger partial charge on any atom is -0.494 e. The fraction of sp³-hybridized carbons (Fsp3) is 0.531. The van der Waals surface area contributed by atoms with Crippen LogP contribution >= 0.6 is 0 Å². The molecule has 3 aliphatic heterocycles. The van der Waals surface area contributed by atoms with Crippen LogP contribution in [-0.2, 0) is 24.0 Å². The lowest BCUT2D eigenvalue weighted by molar-refractivity contribution is -0.137. The Morgan fingerprint density at radius 2 is 1.77 bits per heavy atom. The molecule has 0 saturated carbocycles. The van der Waals surface area contributed by atoms with E-state index in [2.05, 4.69) is 25.8 Å². The Morgan fingerprint density at radius 1 is 1.02 bits per heavy atom. The van der Waals surface area contributed by atoms with Crippen molar-refractivity contribution in [1.82, 2.24) is 29.9 Å². The second-order valence-corrected chi connectivity index (χ2v) is 12.2. The average Bonchev–Trinajstić information content (AvgIpc) is 3.32. The molecule has 47 heavy (non-hydrogen) atoms. The third-order valence-corrected chi connectivity index (χ3v) is 9.31. The van der Waals surface area contributed by atoms with Crippen molar-refractivity contribution >= 4 is 46.4 Å². The lowest BCUT2D eigenvalue weighted by Crippen LogP contribution is -2.57. The van der Waals surface area contributed by atoms with Gasteiger partial charge in [-0.15, -0.1) is 0 Å². The zero-order valence-corrected chi connectivity index (χ0v) is 26.4. The molecular weight excluding hydrogens is 608 g/mol. The maximum atomic E-state index is 13.4. The Balaban J connectivity index is 1.11. The average molecular weight is 653 g/mol. The number of carbonyl (C=O) groups excluding carboxylic acids is 5. The second-order valence-electron chi connectivity index (χ2n) is 12.2. The molecule has 1 aromatic heterocycles. The van der Waals surface area contributed by atoms with Crippen LogP contribution in [0.15, 0.2) is 30.4 Å². The van der Waals surface area contributed by atoms with E-state index >= 15 is 0 Å². The number of amides is 4. The first kappa shape index (κ1) is 33.9. The quantitative estimate of drug-likeness (QED) is 0.0714. The number of nitrogens with two attached hydrogens (primary N) is 1. The summed E-state index contributed by atoms with van der Waals surface area (Å²) < 4.78 is 1.14. The van der Waals surface area contributed by atoms with E-state index in [1.54, 1.807) is 24.3 Å². The molecule has 0 spiro atoms. The van der Waals surface area contributed by atoms with Crippen LogP contribution in [0.4, 0.5) is 5.69 Å². The van der Waals surface area contributed by atoms with Crippen LogP contribution in [-0.4, -0.2) is 130 Å². The molecule has 5 rings (SSSR count). The van der Waals surface area contributed by atoms with Crippen LogP contribution in [0.2, 0.25) is 0 Å². The molecular formula is C32H44N8O7. The highest BCUT2D eigenvalue weighted by molar-refractivity contribution is 6.04. The number of nitrogens with one attached hydrogen (secondary N) is 3. The number of piperidine rings is 2. The highest BCUT2D eigenvalue weighted by Crippen LogP contribution is 2.43. The molecule has 2 aromatic rings. The molecule has 3 fully saturated rings. The Labute approximate surface area is 272 Å². The number of rotatable bonds is 13. The molecule has 2 unspecified atom stereocenters. The minimum atomic E-state index is -0.928. The van der Waals surface area contributed by atoms with Crippen molar-refractivity contribution in [3.8, 4) is 11.8 Å². The number of primary amides is 1. The first-order valence-electron chi connectivity index (χ1n) is 16.2. The zero-order valence-electron chi connectivity index (χ0n) is 26.4. The van der Waals surface area contributed by atoms with Crippen LogP contribution < -0.4 is 21.7 Å². The maximum absolute atomic E-state index is 13.4. The number of aromatic hydroxyl groups is 2. The summed E-state index contributed by atoms with van der Waals surface area (Å²) in [5.41, 5.74) is 5.68. The Kier molecular flexibility index (Phi) is 11.1. The van der Waals surface area contributed by atoms with Gasteiger partial charge in [-0.1, -0.05) is 12.1 Å². The molecule has 2 atom stereocenters. The minimum absolute atomic E-state index is 0.0424. The van der Waals surface area contributed by atoms with Crippen LogP contribution in [0.3, 0.4) is 0 Å². The third kappa shape index (κ3) is 7.92. The molecule has 15 nitrogen and oxygen atoms in total. The van der Waals surface area contributed by atoms with Crippen LogP contribution in [0.25, 0.3) is 10.8 Å². The van der Waals surface area contributed by atoms with E-state index in [1.165, 1.54) is 6.08 Å². The van der Waals surface area contributed by atoms with Gasteiger partial charge in [-0.2, -0.15) is 0 Å². The van der Waals surface area contributed by atoms with Gasteiger partial charge in [0.05, 0.1) is 11.4 Å². The van der Waals surface area contributed by atoms with Crippen LogP contribution in [0.1, 0.15) is 38.1 Å². The number of hydrogen-bond donors (Lipinski definition) is 6. The molecule has 7 N–H and O–H groups in total. The standard InChI is InChI=1S/C32H44N8O7/c33-26(42)5-2-13-37-14-8-21(9-15-37)38-16-18-39(19-17-38)31(46)24(10-20-41)35-12-11-34-23-4-1-3-22-28(23)32(47)40(30(22)45)25-6-7-27(43)36-29(25)44/h1-5,20-21,24-25,34-35,45,47H,6-19H2,(H2,33,42)(H,36,43,44)/b5-2+. The molecule has 4 amide bonds. The topological polar surface area (TPSA) is 203 Å². The van der Waals surface area contributed by atoms with Gasteiger partial charge in [0.15, 0.2) is 0 Å². The van der Waals surface area contributed by atoms with Crippen LogP contribution in [0.5, 0.6) is 11.8 Å². The number of carbonyl (C=O) groups is 5. The van der Waals surface area contributed by atoms with Gasteiger partial charge in [0.25, 0.3) is 0 Å². The van der Waals surface area contributed by atoms with Crippen molar-refractivity contribution in [2.75, 3.05) is 64.2 Å². The summed E-state index contributed by atoms with van der Waals surface area (Å²) in [6, 6.07) is 3.92. The number of piperazine rings is 1. The summed E-state index contributed by atoms with van der Waals surface area (Å²) in [6.07, 6.45) is 6.27. The molecule has 0 bridgehead atoms. The molecule has 0 aliphatic carbocycles. The summed E-state index contributed by atoms with van der Waals surface area (Å²) in [7, 11) is 0. The monoisotopic (exact) mass is 652 g/mol. The summed E-state index contributed by atoms with van der Waals surface area (Å²) >= 11 is 0. The van der Waals surface area contributed by atoms with E-state index in [1.807, 2.05) is 4.90 Å². The SMILES string of the molecule is NC(=O)/C=C/CN1CCC(N2CCN(C(=O)C(CC=O)NCCNc3cccc4c(O)n(C5CCC(=O)NC5=O)c(O)c34)CC2)CC1. The first-order valence-corrected chi connectivity index (χ1v) is 16.2. The largest absolute Gasteiger partial charge is 0.494 e. The number of aldehydes is 1. The van der Waals surface area contributed by atoms with Crippen molar-refractivity contribution in [2.45, 2.75) is 50.2 Å². The van der Waals surface area contributed by atoms with E-state index in [9.17, 15) is 34.2 Å². The predicted molar refractivity (Wildman–Crippen MR) is 174 cm³/mol. The van der Waals surface area contributed by atoms with Crippen molar-refractivity contribution in [2.24, 2.45) is 5.73 Å². The van der Waals surface area contributed by atoms with E-state index in [4.69, 9.17) is 5.73 Å². The fourth-order valence-electron chi connectivity index (χ4n) is 6.83. The number of fused-ring (bicyclic) bond motifs is 1. The van der Waals surface area contributed by atoms with E-state index in [0.29, 0.717) is 55.2 Å². The lowest BCUT2D eigenvalue weighted by Gasteiger charge is -2.43. The summed E-state index contributed by atoms with van der Waals surface area (Å²) in [4.78, 5) is 66.3. The number of nitrogens with zero attached hydrogens (tertiary/aromatic N) is 4. The number of hydrogen-bond acceptors (Lipinski definition) is 11. The highest BCUT2D eigenvalue weighted by atomic mass is 16.3. The molecule has 3 aliphatic rings. The van der Waals surface area contributed by atoms with E-state index in [-0.39, 0.29) is 36.9 Å². The number of imide groups is 1. The smallest absolute Gasteiger partial charge is 0.249 e. The second kappa shape index (κ2) is 15.4. The van der Waals surface area contributed by atoms with Crippen molar-refractivity contribution < 1.29 is 34.2 Å². The number of likely N-dealkylation sites (tertiary alicyclic amines) is 1. The molecule has 254 valence electrons. The van der Waals surface area contributed by atoms with Crippen molar-refractivity contribution in [3.05, 3.63) is 30.4 Å². The van der Waals surface area contributed by atoms with Gasteiger partial charge in [-0.3, -0.25) is 38.9 Å². The number of benzene rings is 1. The van der Waals surface area contributed by atoms with E-state index < -0.39 is 29.8 Å². The van der Waals surface area contributed by atoms with E-state index in [0.717, 1.165) is 49.9 Å². The molecule has 0 radical (unpaired) electrons. The Bertz CT molecular complexity index is 1510. The van der Waals surface area contributed by atoms with Gasteiger partial charge in [0.2, 0.25) is 35.4 Å². The summed E-state index contributed by atoms with van der Waals surface area (Å²) in [5.74, 6) is -2.10. The number of aromatic nitrogens is 1. The maximum Gasteiger partial charge on any atom is 0.249 e. The third-order valence-electron chi connectivity index (χ3n) is 9.31. The fourth-order valence-corrected chi connectivity index (χ4v) is 6.83. The van der Waals surface area contributed by atoms with Gasteiger partial charge in [0, 0.05) is 75.8 Å². The van der Waals surface area contributed by atoms with Crippen LogP contribution in [0, 0.1) is 0 Å². The molecule has 4 heterocycles. The predicted octanol–water partition coefficient (Wildman–Crippen LogP) is -0.361. The Morgan fingerprint density at radius 3 is 2.45 bits per heavy atom.